The second-order valence-electron chi connectivity index (χ2n) is 8.09. The first-order chi connectivity index (χ1) is 15.3. The first-order valence-corrected chi connectivity index (χ1v) is 11.7. The monoisotopic (exact) mass is 468 g/mol. The third-order valence-corrected chi connectivity index (χ3v) is 7.20. The van der Waals surface area contributed by atoms with E-state index in [1.807, 2.05) is 54.7 Å². The van der Waals surface area contributed by atoms with Crippen LogP contribution in [0.25, 0.3) is 21.5 Å². The van der Waals surface area contributed by atoms with Crippen molar-refractivity contribution in [1.29, 1.82) is 0 Å². The van der Waals surface area contributed by atoms with Gasteiger partial charge in [-0.15, -0.1) is 11.3 Å². The van der Waals surface area contributed by atoms with E-state index in [1.54, 1.807) is 29.8 Å². The highest BCUT2D eigenvalue weighted by molar-refractivity contribution is 7.15. The summed E-state index contributed by atoms with van der Waals surface area (Å²) in [5.41, 5.74) is 1.84. The number of fused-ring (bicyclic) bond motifs is 1. The number of rotatable bonds is 8. The molecule has 5 nitrogen and oxygen atoms in total. The highest BCUT2D eigenvalue weighted by Crippen LogP contribution is 2.33. The summed E-state index contributed by atoms with van der Waals surface area (Å²) in [6.45, 7) is 6.02. The molecule has 32 heavy (non-hydrogen) atoms. The van der Waals surface area contributed by atoms with Crippen LogP contribution in [0.15, 0.2) is 54.7 Å². The van der Waals surface area contributed by atoms with Gasteiger partial charge in [-0.05, 0) is 50.6 Å². The normalized spacial score (nSPS) is 11.8. The molecule has 2 heterocycles. The summed E-state index contributed by atoms with van der Waals surface area (Å²) in [7, 11) is 0. The zero-order valence-electron chi connectivity index (χ0n) is 18.3. The van der Waals surface area contributed by atoms with Crippen LogP contribution in [0.3, 0.4) is 0 Å². The molecule has 0 bridgehead atoms. The molecule has 0 fully saturated rings. The van der Waals surface area contributed by atoms with Crippen LogP contribution < -0.4 is 4.74 Å². The van der Waals surface area contributed by atoms with E-state index in [0.717, 1.165) is 39.3 Å². The molecule has 0 saturated carbocycles. The molecule has 0 saturated heterocycles. The largest absolute Gasteiger partial charge is 0.493 e. The fourth-order valence-corrected chi connectivity index (χ4v) is 5.04. The summed E-state index contributed by atoms with van der Waals surface area (Å²) in [5, 5.41) is 12.1. The molecule has 7 heteroatoms. The van der Waals surface area contributed by atoms with Gasteiger partial charge in [0.2, 0.25) is 0 Å². The van der Waals surface area contributed by atoms with Crippen LogP contribution in [0.5, 0.6) is 5.75 Å². The molecule has 0 amide bonds. The number of hydrogen-bond donors (Lipinski definition) is 1. The van der Waals surface area contributed by atoms with E-state index in [4.69, 9.17) is 21.3 Å². The topological polar surface area (TPSA) is 64.4 Å². The van der Waals surface area contributed by atoms with E-state index in [9.17, 15) is 9.90 Å². The summed E-state index contributed by atoms with van der Waals surface area (Å²) in [6, 6.07) is 15.4. The predicted octanol–water partition coefficient (Wildman–Crippen LogP) is 6.42. The van der Waals surface area contributed by atoms with E-state index >= 15 is 0 Å². The van der Waals surface area contributed by atoms with Crippen molar-refractivity contribution in [2.45, 2.75) is 39.2 Å². The molecule has 0 radical (unpaired) electrons. The summed E-state index contributed by atoms with van der Waals surface area (Å²) < 4.78 is 7.78. The van der Waals surface area contributed by atoms with E-state index in [-0.39, 0.29) is 0 Å². The molecule has 2 aromatic carbocycles. The Morgan fingerprint density at radius 3 is 2.72 bits per heavy atom. The van der Waals surface area contributed by atoms with E-state index < -0.39 is 11.5 Å². The number of aromatic nitrogens is 2. The van der Waals surface area contributed by atoms with Gasteiger partial charge in [-0.3, -0.25) is 0 Å². The van der Waals surface area contributed by atoms with Gasteiger partial charge in [0.05, 0.1) is 17.3 Å². The van der Waals surface area contributed by atoms with Gasteiger partial charge >= 0.3 is 5.97 Å². The van der Waals surface area contributed by atoms with Crippen LogP contribution in [0.2, 0.25) is 5.02 Å². The first kappa shape index (κ1) is 22.4. The standard InChI is InChI=1S/C25H25ClN2O3S/c1-4-22-20(27-23(32-22)18-7-5-6-8-19(18)26)12-14-31-17-9-10-21-16(15-17)11-13-28(21)25(2,3)24(29)30/h5-11,13,15H,4,12,14H2,1-3H3,(H,29,30). The number of nitrogens with zero attached hydrogens (tertiary/aromatic N) is 2. The van der Waals surface area contributed by atoms with Gasteiger partial charge in [-0.2, -0.15) is 0 Å². The van der Waals surface area contributed by atoms with Crippen molar-refractivity contribution in [3.8, 4) is 16.3 Å². The van der Waals surface area contributed by atoms with Gasteiger partial charge in [0.1, 0.15) is 16.3 Å². The molecule has 0 spiro atoms. The Morgan fingerprint density at radius 2 is 2.00 bits per heavy atom. The molecule has 0 unspecified atom stereocenters. The third kappa shape index (κ3) is 4.25. The minimum atomic E-state index is -1.02. The maximum Gasteiger partial charge on any atom is 0.329 e. The number of ether oxygens (including phenoxy) is 1. The molecular formula is C25H25ClN2O3S. The lowest BCUT2D eigenvalue weighted by Crippen LogP contribution is -2.34. The van der Waals surface area contributed by atoms with Crippen molar-refractivity contribution < 1.29 is 14.6 Å². The van der Waals surface area contributed by atoms with Crippen molar-refractivity contribution in [2.24, 2.45) is 0 Å². The molecule has 0 aliphatic rings. The molecule has 0 aliphatic heterocycles. The first-order valence-electron chi connectivity index (χ1n) is 10.5. The number of halogens is 1. The van der Waals surface area contributed by atoms with Gasteiger partial charge < -0.3 is 14.4 Å². The average molecular weight is 469 g/mol. The van der Waals surface area contributed by atoms with Crippen LogP contribution in [0, 0.1) is 0 Å². The van der Waals surface area contributed by atoms with Gasteiger partial charge in [0.25, 0.3) is 0 Å². The fourth-order valence-electron chi connectivity index (χ4n) is 3.67. The molecule has 1 N–H and O–H groups in total. The zero-order valence-corrected chi connectivity index (χ0v) is 19.8. The lowest BCUT2D eigenvalue weighted by Gasteiger charge is -2.23. The Labute approximate surface area is 196 Å². The minimum Gasteiger partial charge on any atom is -0.493 e. The maximum absolute atomic E-state index is 11.6. The highest BCUT2D eigenvalue weighted by atomic mass is 35.5. The quantitative estimate of drug-likeness (QED) is 0.324. The third-order valence-electron chi connectivity index (χ3n) is 5.60. The molecule has 4 aromatic rings. The number of carbonyl (C=O) groups is 1. The Bertz CT molecular complexity index is 1280. The smallest absolute Gasteiger partial charge is 0.329 e. The fraction of sp³-hybridized carbons (Fsp3) is 0.280. The Balaban J connectivity index is 1.48. The number of thiazole rings is 1. The molecular weight excluding hydrogens is 444 g/mol. The van der Waals surface area contributed by atoms with Gasteiger partial charge in [0.15, 0.2) is 0 Å². The zero-order chi connectivity index (χ0) is 22.9. The molecule has 2 aromatic heterocycles. The lowest BCUT2D eigenvalue weighted by atomic mass is 10.1. The van der Waals surface area contributed by atoms with E-state index in [1.165, 1.54) is 4.88 Å². The predicted molar refractivity (Wildman–Crippen MR) is 130 cm³/mol. The van der Waals surface area contributed by atoms with E-state index in [2.05, 4.69) is 6.92 Å². The summed E-state index contributed by atoms with van der Waals surface area (Å²) >= 11 is 8.03. The van der Waals surface area contributed by atoms with Crippen LogP contribution in [0.4, 0.5) is 0 Å². The maximum atomic E-state index is 11.6. The second-order valence-corrected chi connectivity index (χ2v) is 9.58. The van der Waals surface area contributed by atoms with Gasteiger partial charge in [0, 0.05) is 34.0 Å². The Hall–Kier alpha value is -2.83. The van der Waals surface area contributed by atoms with Crippen molar-refractivity contribution in [1.82, 2.24) is 9.55 Å². The number of benzene rings is 2. The highest BCUT2D eigenvalue weighted by Gasteiger charge is 2.30. The summed E-state index contributed by atoms with van der Waals surface area (Å²) in [6.07, 6.45) is 3.42. The van der Waals surface area contributed by atoms with Crippen LogP contribution >= 0.6 is 22.9 Å². The lowest BCUT2D eigenvalue weighted by molar-refractivity contribution is -0.145. The number of hydrogen-bond acceptors (Lipinski definition) is 4. The van der Waals surface area contributed by atoms with Crippen LogP contribution in [-0.2, 0) is 23.2 Å². The van der Waals surface area contributed by atoms with Crippen molar-refractivity contribution >= 4 is 39.8 Å². The van der Waals surface area contributed by atoms with Gasteiger partial charge in [-0.1, -0.05) is 36.7 Å². The average Bonchev–Trinajstić information content (AvgIpc) is 3.38. The van der Waals surface area contributed by atoms with Crippen molar-refractivity contribution in [3.63, 3.8) is 0 Å². The number of aryl methyl sites for hydroxylation is 1. The summed E-state index contributed by atoms with van der Waals surface area (Å²) in [4.78, 5) is 17.7. The summed E-state index contributed by atoms with van der Waals surface area (Å²) in [5.74, 6) is -0.121. The number of carboxylic acid groups (broad SMARTS) is 1. The van der Waals surface area contributed by atoms with E-state index in [0.29, 0.717) is 18.1 Å². The molecule has 166 valence electrons. The second kappa shape index (κ2) is 8.96. The van der Waals surface area contributed by atoms with Crippen LogP contribution in [-0.4, -0.2) is 27.2 Å². The Morgan fingerprint density at radius 1 is 1.22 bits per heavy atom. The molecule has 4 rings (SSSR count). The molecule has 0 aliphatic carbocycles. The Kier molecular flexibility index (Phi) is 6.26. The minimum absolute atomic E-state index is 0.505. The number of aliphatic carboxylic acids is 1. The van der Waals surface area contributed by atoms with Crippen molar-refractivity contribution in [2.75, 3.05) is 6.61 Å². The SMILES string of the molecule is CCc1sc(-c2ccccc2Cl)nc1CCOc1ccc2c(ccn2C(C)(C)C(=O)O)c1. The van der Waals surface area contributed by atoms with Crippen LogP contribution in [0.1, 0.15) is 31.3 Å². The van der Waals surface area contributed by atoms with Crippen molar-refractivity contribution in [3.05, 3.63) is 70.3 Å². The molecule has 0 atom stereocenters. The number of carboxylic acids is 1. The van der Waals surface area contributed by atoms with Gasteiger partial charge in [-0.25, -0.2) is 9.78 Å².